The Morgan fingerprint density at radius 3 is 2.62 bits per heavy atom. The Morgan fingerprint density at radius 2 is 1.94 bits per heavy atom. The zero-order valence-electron chi connectivity index (χ0n) is 19.6. The number of ether oxygens (including phenoxy) is 1. The molecule has 1 aliphatic heterocycles. The molecule has 2 aromatic carbocycles. The van der Waals surface area contributed by atoms with Crippen molar-refractivity contribution in [2.24, 2.45) is 0 Å². The van der Waals surface area contributed by atoms with Crippen molar-refractivity contribution in [3.05, 3.63) is 59.2 Å². The second kappa shape index (κ2) is 9.37. The van der Waals surface area contributed by atoms with Crippen LogP contribution in [0.15, 0.2) is 36.4 Å². The molecule has 9 heteroatoms. The maximum absolute atomic E-state index is 14.7. The standard InChI is InChI=1S/C25H28F4N4O/c1-14-8-9-17(33(14)4)13-34-18-10-11-22-20(12-18)24(32-16(3)31-22)30-15(2)19-6-5-7-21(23(19)26)25(27,28)29/h5-7,10-12,14-15,17H,8-9,13H2,1-4H3,(H,30,31,32)/t14-,15+,17-/m0/s1. The molecule has 0 unspecified atom stereocenters. The predicted molar refractivity (Wildman–Crippen MR) is 123 cm³/mol. The number of benzene rings is 2. The highest BCUT2D eigenvalue weighted by Gasteiger charge is 2.35. The van der Waals surface area contributed by atoms with Gasteiger partial charge in [-0.3, -0.25) is 4.90 Å². The lowest BCUT2D eigenvalue weighted by molar-refractivity contribution is -0.140. The summed E-state index contributed by atoms with van der Waals surface area (Å²) in [5, 5.41) is 3.73. The summed E-state index contributed by atoms with van der Waals surface area (Å²) in [4.78, 5) is 11.2. The van der Waals surface area contributed by atoms with Crippen molar-refractivity contribution in [1.82, 2.24) is 14.9 Å². The maximum Gasteiger partial charge on any atom is 0.419 e. The molecule has 1 N–H and O–H groups in total. The molecule has 4 rings (SSSR count). The van der Waals surface area contributed by atoms with Crippen LogP contribution in [0.25, 0.3) is 10.9 Å². The van der Waals surface area contributed by atoms with Crippen LogP contribution in [0.4, 0.5) is 23.4 Å². The van der Waals surface area contributed by atoms with Crippen molar-refractivity contribution in [2.75, 3.05) is 19.0 Å². The third kappa shape index (κ3) is 4.94. The molecule has 1 saturated heterocycles. The summed E-state index contributed by atoms with van der Waals surface area (Å²) in [5.74, 6) is 0.253. The van der Waals surface area contributed by atoms with Crippen molar-refractivity contribution >= 4 is 16.7 Å². The number of hydrogen-bond acceptors (Lipinski definition) is 5. The SMILES string of the molecule is Cc1nc(N[C@H](C)c2cccc(C(F)(F)F)c2F)c2cc(OC[C@@H]3CC[C@H](C)N3C)ccc2n1. The first-order valence-corrected chi connectivity index (χ1v) is 11.3. The van der Waals surface area contributed by atoms with E-state index in [0.29, 0.717) is 47.0 Å². The third-order valence-corrected chi connectivity index (χ3v) is 6.56. The lowest BCUT2D eigenvalue weighted by Crippen LogP contribution is -2.34. The quantitative estimate of drug-likeness (QED) is 0.434. The van der Waals surface area contributed by atoms with Crippen molar-refractivity contribution in [3.8, 4) is 5.75 Å². The first kappa shape index (κ1) is 24.2. The Balaban J connectivity index is 1.60. The van der Waals surface area contributed by atoms with Crippen LogP contribution in [0.2, 0.25) is 0 Å². The molecule has 0 saturated carbocycles. The minimum Gasteiger partial charge on any atom is -0.492 e. The largest absolute Gasteiger partial charge is 0.492 e. The molecule has 5 nitrogen and oxygen atoms in total. The lowest BCUT2D eigenvalue weighted by Gasteiger charge is -2.23. The Kier molecular flexibility index (Phi) is 6.66. The van der Waals surface area contributed by atoms with Crippen molar-refractivity contribution in [3.63, 3.8) is 0 Å². The van der Waals surface area contributed by atoms with E-state index < -0.39 is 23.6 Å². The van der Waals surface area contributed by atoms with E-state index in [-0.39, 0.29) is 5.56 Å². The lowest BCUT2D eigenvalue weighted by atomic mass is 10.0. The van der Waals surface area contributed by atoms with Crippen LogP contribution in [0.1, 0.15) is 49.7 Å². The summed E-state index contributed by atoms with van der Waals surface area (Å²) in [7, 11) is 2.10. The Morgan fingerprint density at radius 1 is 1.18 bits per heavy atom. The number of nitrogens with zero attached hydrogens (tertiary/aromatic N) is 3. The summed E-state index contributed by atoms with van der Waals surface area (Å²) >= 11 is 0. The molecule has 3 atom stereocenters. The molecular formula is C25H28F4N4O. The fraction of sp³-hybridized carbons (Fsp3) is 0.440. The molecule has 0 bridgehead atoms. The van der Waals surface area contributed by atoms with Gasteiger partial charge in [-0.15, -0.1) is 0 Å². The van der Waals surface area contributed by atoms with Gasteiger partial charge in [-0.2, -0.15) is 13.2 Å². The summed E-state index contributed by atoms with van der Waals surface area (Å²) in [6, 6.07) is 8.84. The van der Waals surface area contributed by atoms with Gasteiger partial charge in [0, 0.05) is 23.0 Å². The van der Waals surface area contributed by atoms with E-state index in [4.69, 9.17) is 4.74 Å². The molecule has 34 heavy (non-hydrogen) atoms. The van der Waals surface area contributed by atoms with E-state index in [1.807, 2.05) is 18.2 Å². The molecule has 0 radical (unpaired) electrons. The number of anilines is 1. The van der Waals surface area contributed by atoms with Crippen LogP contribution in [-0.2, 0) is 6.18 Å². The van der Waals surface area contributed by atoms with Gasteiger partial charge in [-0.25, -0.2) is 14.4 Å². The van der Waals surface area contributed by atoms with Gasteiger partial charge in [0.05, 0.1) is 17.1 Å². The molecule has 1 aliphatic rings. The molecular weight excluding hydrogens is 448 g/mol. The van der Waals surface area contributed by atoms with Gasteiger partial charge in [0.25, 0.3) is 0 Å². The highest BCUT2D eigenvalue weighted by molar-refractivity contribution is 5.90. The van der Waals surface area contributed by atoms with E-state index >= 15 is 0 Å². The second-order valence-electron chi connectivity index (χ2n) is 8.93. The molecule has 182 valence electrons. The molecule has 0 amide bonds. The minimum atomic E-state index is -4.77. The van der Waals surface area contributed by atoms with E-state index in [9.17, 15) is 17.6 Å². The topological polar surface area (TPSA) is 50.3 Å². The molecule has 0 aliphatic carbocycles. The first-order chi connectivity index (χ1) is 16.0. The average Bonchev–Trinajstić information content (AvgIpc) is 3.09. The highest BCUT2D eigenvalue weighted by atomic mass is 19.4. The average molecular weight is 477 g/mol. The van der Waals surface area contributed by atoms with Crippen LogP contribution in [0.5, 0.6) is 5.75 Å². The van der Waals surface area contributed by atoms with Gasteiger partial charge >= 0.3 is 6.18 Å². The van der Waals surface area contributed by atoms with E-state index in [0.717, 1.165) is 18.9 Å². The van der Waals surface area contributed by atoms with E-state index in [1.165, 1.54) is 12.1 Å². The van der Waals surface area contributed by atoms with Gasteiger partial charge in [0.1, 0.15) is 29.8 Å². The number of likely N-dealkylation sites (N-methyl/N-ethyl adjacent to an activating group) is 1. The number of fused-ring (bicyclic) bond motifs is 1. The van der Waals surface area contributed by atoms with Crippen LogP contribution in [0.3, 0.4) is 0 Å². The van der Waals surface area contributed by atoms with Gasteiger partial charge < -0.3 is 10.1 Å². The van der Waals surface area contributed by atoms with Gasteiger partial charge in [-0.1, -0.05) is 12.1 Å². The number of rotatable bonds is 6. The van der Waals surface area contributed by atoms with Crippen LogP contribution in [-0.4, -0.2) is 40.6 Å². The molecule has 1 fully saturated rings. The number of aryl methyl sites for hydroxylation is 1. The summed E-state index contributed by atoms with van der Waals surface area (Å²) in [6.45, 7) is 6.07. The van der Waals surface area contributed by atoms with Crippen LogP contribution >= 0.6 is 0 Å². The normalized spacial score (nSPS) is 20.0. The van der Waals surface area contributed by atoms with Crippen molar-refractivity contribution in [2.45, 2.75) is 57.9 Å². The second-order valence-corrected chi connectivity index (χ2v) is 8.93. The minimum absolute atomic E-state index is 0.0926. The smallest absolute Gasteiger partial charge is 0.419 e. The predicted octanol–water partition coefficient (Wildman–Crippen LogP) is 6.13. The fourth-order valence-corrected chi connectivity index (χ4v) is 4.40. The zero-order chi connectivity index (χ0) is 24.6. The molecule has 1 aromatic heterocycles. The van der Waals surface area contributed by atoms with E-state index in [1.54, 1.807) is 13.8 Å². The summed E-state index contributed by atoms with van der Waals surface area (Å²) < 4.78 is 60.2. The molecule has 2 heterocycles. The van der Waals surface area contributed by atoms with Gasteiger partial charge in [0.2, 0.25) is 0 Å². The number of nitrogens with one attached hydrogen (secondary N) is 1. The fourth-order valence-electron chi connectivity index (χ4n) is 4.40. The van der Waals surface area contributed by atoms with Crippen molar-refractivity contribution in [1.29, 1.82) is 0 Å². The van der Waals surface area contributed by atoms with Gasteiger partial charge in [0.15, 0.2) is 0 Å². The number of aromatic nitrogens is 2. The maximum atomic E-state index is 14.7. The van der Waals surface area contributed by atoms with E-state index in [2.05, 4.69) is 34.2 Å². The molecule has 3 aromatic rings. The Bertz CT molecular complexity index is 1180. The number of likely N-dealkylation sites (tertiary alicyclic amines) is 1. The Hall–Kier alpha value is -2.94. The number of halogens is 4. The summed E-state index contributed by atoms with van der Waals surface area (Å²) in [6.07, 6.45) is -2.57. The van der Waals surface area contributed by atoms with Crippen LogP contribution < -0.4 is 10.1 Å². The monoisotopic (exact) mass is 476 g/mol. The van der Waals surface area contributed by atoms with Crippen LogP contribution in [0, 0.1) is 12.7 Å². The first-order valence-electron chi connectivity index (χ1n) is 11.3. The molecule has 0 spiro atoms. The zero-order valence-corrected chi connectivity index (χ0v) is 19.6. The number of alkyl halides is 3. The Labute approximate surface area is 196 Å². The number of hydrogen-bond donors (Lipinski definition) is 1. The van der Waals surface area contributed by atoms with Gasteiger partial charge in [-0.05, 0) is 64.9 Å². The highest BCUT2D eigenvalue weighted by Crippen LogP contribution is 2.35. The third-order valence-electron chi connectivity index (χ3n) is 6.56. The van der Waals surface area contributed by atoms with Crippen molar-refractivity contribution < 1.29 is 22.3 Å². The summed E-state index contributed by atoms with van der Waals surface area (Å²) in [5.41, 5.74) is -0.722.